The molecule has 0 aromatic carbocycles. The van der Waals surface area contributed by atoms with Gasteiger partial charge in [0, 0.05) is 12.5 Å². The van der Waals surface area contributed by atoms with Crippen molar-refractivity contribution in [3.8, 4) is 0 Å². The molecule has 2 N–H and O–H groups in total. The van der Waals surface area contributed by atoms with Crippen LogP contribution in [0.25, 0.3) is 0 Å². The molecule has 4 heteroatoms. The highest BCUT2D eigenvalue weighted by Gasteiger charge is 2.22. The zero-order valence-corrected chi connectivity index (χ0v) is 10.0. The summed E-state index contributed by atoms with van der Waals surface area (Å²) in [5.74, 6) is 0.889. The average molecular weight is 225 g/mol. The summed E-state index contributed by atoms with van der Waals surface area (Å²) < 4.78 is 13.6. The van der Waals surface area contributed by atoms with Gasteiger partial charge in [0.15, 0.2) is 0 Å². The van der Waals surface area contributed by atoms with Gasteiger partial charge >= 0.3 is 0 Å². The predicted molar refractivity (Wildman–Crippen MR) is 62.1 cm³/mol. The van der Waals surface area contributed by atoms with E-state index in [0.29, 0.717) is 11.7 Å². The van der Waals surface area contributed by atoms with Crippen molar-refractivity contribution in [2.24, 2.45) is 0 Å². The zero-order valence-electron chi connectivity index (χ0n) is 10.0. The van der Waals surface area contributed by atoms with Gasteiger partial charge in [0.2, 0.25) is 0 Å². The normalized spacial score (nSPS) is 22.3. The molecular formula is C12H20FN3. The van der Waals surface area contributed by atoms with Gasteiger partial charge in [-0.05, 0) is 33.2 Å². The van der Waals surface area contributed by atoms with Gasteiger partial charge in [0.1, 0.15) is 11.5 Å². The first-order valence-electron chi connectivity index (χ1n) is 6.02. The van der Waals surface area contributed by atoms with Crippen LogP contribution >= 0.6 is 0 Å². The van der Waals surface area contributed by atoms with Gasteiger partial charge in [0.25, 0.3) is 0 Å². The monoisotopic (exact) mass is 225 g/mol. The fourth-order valence-electron chi connectivity index (χ4n) is 2.10. The molecule has 0 spiro atoms. The van der Waals surface area contributed by atoms with Crippen molar-refractivity contribution >= 4 is 0 Å². The minimum absolute atomic E-state index is 0.496. The lowest BCUT2D eigenvalue weighted by Gasteiger charge is -2.22. The van der Waals surface area contributed by atoms with E-state index in [-0.39, 0.29) is 0 Å². The molecule has 1 aliphatic heterocycles. The molecular weight excluding hydrogens is 205 g/mol. The molecule has 2 rings (SSSR count). The SMILES string of the molecule is CC(C)(F)c1cnc(CC2CCCCN2)[nH]1. The number of alkyl halides is 1. The number of rotatable bonds is 3. The molecule has 2 heterocycles. The molecule has 1 aromatic rings. The lowest BCUT2D eigenvalue weighted by Crippen LogP contribution is -2.35. The van der Waals surface area contributed by atoms with Crippen molar-refractivity contribution in [3.05, 3.63) is 17.7 Å². The van der Waals surface area contributed by atoms with Crippen LogP contribution in [0.15, 0.2) is 6.20 Å². The van der Waals surface area contributed by atoms with Crippen LogP contribution in [0.3, 0.4) is 0 Å². The fourth-order valence-corrected chi connectivity index (χ4v) is 2.10. The van der Waals surface area contributed by atoms with Crippen LogP contribution in [0.4, 0.5) is 4.39 Å². The summed E-state index contributed by atoms with van der Waals surface area (Å²) in [5.41, 5.74) is -0.760. The van der Waals surface area contributed by atoms with Gasteiger partial charge in [-0.25, -0.2) is 9.37 Å². The maximum atomic E-state index is 13.6. The smallest absolute Gasteiger partial charge is 0.146 e. The summed E-state index contributed by atoms with van der Waals surface area (Å²) in [6.07, 6.45) is 6.21. The molecule has 1 unspecified atom stereocenters. The summed E-state index contributed by atoms with van der Waals surface area (Å²) in [5, 5.41) is 3.46. The molecule has 0 saturated carbocycles. The molecule has 90 valence electrons. The standard InChI is InChI=1S/C12H20FN3/c1-12(2,13)10-8-15-11(16-10)7-9-5-3-4-6-14-9/h8-9,14H,3-7H2,1-2H3,(H,15,16). The van der Waals surface area contributed by atoms with Crippen molar-refractivity contribution in [1.29, 1.82) is 0 Å². The number of hydrogen-bond donors (Lipinski definition) is 2. The molecule has 1 fully saturated rings. The van der Waals surface area contributed by atoms with E-state index in [9.17, 15) is 4.39 Å². The minimum atomic E-state index is -1.33. The number of nitrogens with zero attached hydrogens (tertiary/aromatic N) is 1. The van der Waals surface area contributed by atoms with Crippen LogP contribution in [-0.4, -0.2) is 22.6 Å². The Bertz CT molecular complexity index is 334. The van der Waals surface area contributed by atoms with E-state index in [2.05, 4.69) is 15.3 Å². The molecule has 1 aliphatic rings. The van der Waals surface area contributed by atoms with Crippen LogP contribution in [0, 0.1) is 0 Å². The van der Waals surface area contributed by atoms with E-state index in [4.69, 9.17) is 0 Å². The van der Waals surface area contributed by atoms with Crippen LogP contribution in [0.5, 0.6) is 0 Å². The molecule has 0 radical (unpaired) electrons. The van der Waals surface area contributed by atoms with Gasteiger partial charge in [-0.3, -0.25) is 0 Å². The van der Waals surface area contributed by atoms with Crippen molar-refractivity contribution in [2.45, 2.75) is 51.2 Å². The lowest BCUT2D eigenvalue weighted by molar-refractivity contribution is 0.215. The third-order valence-electron chi connectivity index (χ3n) is 3.12. The van der Waals surface area contributed by atoms with Gasteiger partial charge in [-0.2, -0.15) is 0 Å². The maximum absolute atomic E-state index is 13.6. The number of imidazole rings is 1. The first kappa shape index (κ1) is 11.6. The second-order valence-corrected chi connectivity index (χ2v) is 5.07. The van der Waals surface area contributed by atoms with Gasteiger partial charge in [0.05, 0.1) is 11.9 Å². The van der Waals surface area contributed by atoms with Gasteiger partial charge in [-0.15, -0.1) is 0 Å². The van der Waals surface area contributed by atoms with E-state index in [1.165, 1.54) is 19.3 Å². The highest BCUT2D eigenvalue weighted by Crippen LogP contribution is 2.22. The number of hydrogen-bond acceptors (Lipinski definition) is 2. The van der Waals surface area contributed by atoms with Crippen molar-refractivity contribution in [3.63, 3.8) is 0 Å². The minimum Gasteiger partial charge on any atom is -0.343 e. The molecule has 16 heavy (non-hydrogen) atoms. The highest BCUT2D eigenvalue weighted by molar-refractivity contribution is 5.09. The fraction of sp³-hybridized carbons (Fsp3) is 0.750. The number of nitrogens with one attached hydrogen (secondary N) is 2. The Morgan fingerprint density at radius 1 is 1.50 bits per heavy atom. The van der Waals surface area contributed by atoms with Crippen molar-refractivity contribution < 1.29 is 4.39 Å². The first-order chi connectivity index (χ1) is 7.55. The lowest BCUT2D eigenvalue weighted by atomic mass is 10.0. The molecule has 1 aromatic heterocycles. The third kappa shape index (κ3) is 2.82. The molecule has 1 atom stereocenters. The Morgan fingerprint density at radius 3 is 2.88 bits per heavy atom. The zero-order chi connectivity index (χ0) is 11.6. The number of halogens is 1. The summed E-state index contributed by atoms with van der Waals surface area (Å²) in [6.45, 7) is 4.18. The van der Waals surface area contributed by atoms with Gasteiger partial charge in [-0.1, -0.05) is 6.42 Å². The van der Waals surface area contributed by atoms with E-state index in [0.717, 1.165) is 18.8 Å². The van der Waals surface area contributed by atoms with E-state index < -0.39 is 5.67 Å². The summed E-state index contributed by atoms with van der Waals surface area (Å²) in [4.78, 5) is 7.32. The Labute approximate surface area is 95.9 Å². The number of aromatic amines is 1. The van der Waals surface area contributed by atoms with Crippen LogP contribution in [0.2, 0.25) is 0 Å². The van der Waals surface area contributed by atoms with Crippen LogP contribution in [-0.2, 0) is 12.1 Å². The van der Waals surface area contributed by atoms with Crippen molar-refractivity contribution in [2.75, 3.05) is 6.54 Å². The molecule has 0 amide bonds. The second-order valence-electron chi connectivity index (χ2n) is 5.07. The Balaban J connectivity index is 1.97. The molecule has 0 aliphatic carbocycles. The third-order valence-corrected chi connectivity index (χ3v) is 3.12. The first-order valence-corrected chi connectivity index (χ1v) is 6.02. The Morgan fingerprint density at radius 2 is 2.31 bits per heavy atom. The van der Waals surface area contributed by atoms with Gasteiger partial charge < -0.3 is 10.3 Å². The number of piperidine rings is 1. The number of H-pyrrole nitrogens is 1. The van der Waals surface area contributed by atoms with Crippen molar-refractivity contribution in [1.82, 2.24) is 15.3 Å². The predicted octanol–water partition coefficient (Wildman–Crippen LogP) is 2.30. The molecule has 1 saturated heterocycles. The Kier molecular flexibility index (Phi) is 3.28. The largest absolute Gasteiger partial charge is 0.343 e. The average Bonchev–Trinajstić information content (AvgIpc) is 2.67. The number of aromatic nitrogens is 2. The van der Waals surface area contributed by atoms with E-state index in [1.54, 1.807) is 20.0 Å². The maximum Gasteiger partial charge on any atom is 0.146 e. The van der Waals surface area contributed by atoms with Crippen LogP contribution < -0.4 is 5.32 Å². The van der Waals surface area contributed by atoms with E-state index in [1.807, 2.05) is 0 Å². The van der Waals surface area contributed by atoms with Crippen LogP contribution in [0.1, 0.15) is 44.6 Å². The molecule has 3 nitrogen and oxygen atoms in total. The summed E-state index contributed by atoms with van der Waals surface area (Å²) >= 11 is 0. The quantitative estimate of drug-likeness (QED) is 0.828. The second kappa shape index (κ2) is 4.53. The topological polar surface area (TPSA) is 40.7 Å². The molecule has 0 bridgehead atoms. The van der Waals surface area contributed by atoms with E-state index >= 15 is 0 Å². The highest BCUT2D eigenvalue weighted by atomic mass is 19.1. The Hall–Kier alpha value is -0.900. The summed E-state index contributed by atoms with van der Waals surface area (Å²) in [6, 6.07) is 0.496. The summed E-state index contributed by atoms with van der Waals surface area (Å²) in [7, 11) is 0.